The number of amides is 1. The van der Waals surface area contributed by atoms with E-state index in [1.807, 2.05) is 0 Å². The Morgan fingerprint density at radius 1 is 1.35 bits per heavy atom. The molecular weight excluding hydrogens is 247 g/mol. The largest absolute Gasteiger partial charge is 0.489 e. The van der Waals surface area contributed by atoms with Gasteiger partial charge in [0.1, 0.15) is 12.4 Å². The van der Waals surface area contributed by atoms with Crippen LogP contribution in [0.5, 0.6) is 5.75 Å². The van der Waals surface area contributed by atoms with E-state index in [9.17, 15) is 9.18 Å². The average molecular weight is 261 g/mol. The molecule has 0 saturated carbocycles. The molecule has 0 aliphatic rings. The van der Waals surface area contributed by atoms with E-state index in [2.05, 4.69) is 0 Å². The molecule has 0 fully saturated rings. The lowest BCUT2D eigenvalue weighted by Gasteiger charge is -2.07. The number of hydrogen-bond donors (Lipinski definition) is 2. The lowest BCUT2D eigenvalue weighted by molar-refractivity contribution is 0.100. The Bertz CT molecular complexity index is 393. The van der Waals surface area contributed by atoms with Crippen molar-refractivity contribution in [1.29, 1.82) is 0 Å². The topological polar surface area (TPSA) is 78.3 Å². The van der Waals surface area contributed by atoms with Gasteiger partial charge in [0.15, 0.2) is 0 Å². The molecule has 0 heterocycles. The van der Waals surface area contributed by atoms with Crippen molar-refractivity contribution < 1.29 is 13.9 Å². The van der Waals surface area contributed by atoms with Crippen LogP contribution < -0.4 is 16.2 Å². The Balaban J connectivity index is 0.00000256. The number of carbonyl (C=O) groups excluding carboxylic acids is 1. The molecule has 0 bridgehead atoms. The summed E-state index contributed by atoms with van der Waals surface area (Å²) in [4.78, 5) is 10.8. The predicted molar refractivity (Wildman–Crippen MR) is 65.9 cm³/mol. The maximum Gasteiger partial charge on any atom is 0.248 e. The molecule has 0 aromatic heterocycles. The molecule has 1 aromatic rings. The fourth-order valence-corrected chi connectivity index (χ4v) is 1.03. The van der Waals surface area contributed by atoms with Gasteiger partial charge < -0.3 is 16.2 Å². The van der Waals surface area contributed by atoms with E-state index in [0.29, 0.717) is 23.2 Å². The van der Waals surface area contributed by atoms with Gasteiger partial charge in [-0.2, -0.15) is 0 Å². The number of nitrogens with two attached hydrogens (primary N) is 2. The molecule has 4 N–H and O–H groups in total. The van der Waals surface area contributed by atoms with Gasteiger partial charge in [-0.3, -0.25) is 4.79 Å². The maximum absolute atomic E-state index is 12.1. The highest BCUT2D eigenvalue weighted by Crippen LogP contribution is 2.12. The van der Waals surface area contributed by atoms with Gasteiger partial charge in [0.2, 0.25) is 5.91 Å². The Morgan fingerprint density at radius 2 is 1.94 bits per heavy atom. The van der Waals surface area contributed by atoms with Crippen molar-refractivity contribution in [2.45, 2.75) is 0 Å². The number of primary amides is 1. The summed E-state index contributed by atoms with van der Waals surface area (Å²) in [6, 6.07) is 6.26. The fraction of sp³-hybridized carbons (Fsp3) is 0.182. The van der Waals surface area contributed by atoms with Crippen molar-refractivity contribution in [2.75, 3.05) is 13.2 Å². The van der Waals surface area contributed by atoms with E-state index in [-0.39, 0.29) is 25.6 Å². The number of benzene rings is 1. The molecule has 0 aliphatic heterocycles. The van der Waals surface area contributed by atoms with Gasteiger partial charge in [0, 0.05) is 17.7 Å². The van der Waals surface area contributed by atoms with Crippen molar-refractivity contribution in [3.8, 4) is 5.75 Å². The molecule has 1 amide bonds. The summed E-state index contributed by atoms with van der Waals surface area (Å²) in [5.74, 6) is 0.0238. The number of ether oxygens (including phenoxy) is 1. The third-order valence-electron chi connectivity index (χ3n) is 1.98. The van der Waals surface area contributed by atoms with Crippen LogP contribution in [-0.2, 0) is 0 Å². The van der Waals surface area contributed by atoms with Gasteiger partial charge in [-0.25, -0.2) is 4.39 Å². The van der Waals surface area contributed by atoms with Crippen LogP contribution in [0.3, 0.4) is 0 Å². The SMILES string of the molecule is Cl.NCC(=CF)COc1ccc(C(N)=O)cc1. The molecule has 6 heteroatoms. The van der Waals surface area contributed by atoms with E-state index in [1.54, 1.807) is 24.3 Å². The van der Waals surface area contributed by atoms with Gasteiger partial charge >= 0.3 is 0 Å². The monoisotopic (exact) mass is 260 g/mol. The number of carbonyl (C=O) groups is 1. The van der Waals surface area contributed by atoms with Crippen LogP contribution in [0.15, 0.2) is 36.2 Å². The third-order valence-corrected chi connectivity index (χ3v) is 1.98. The van der Waals surface area contributed by atoms with Crippen molar-refractivity contribution >= 4 is 18.3 Å². The van der Waals surface area contributed by atoms with Crippen molar-refractivity contribution in [2.24, 2.45) is 11.5 Å². The minimum Gasteiger partial charge on any atom is -0.489 e. The van der Waals surface area contributed by atoms with Gasteiger partial charge in [0.05, 0.1) is 6.33 Å². The molecule has 0 aliphatic carbocycles. The van der Waals surface area contributed by atoms with Crippen molar-refractivity contribution in [3.63, 3.8) is 0 Å². The van der Waals surface area contributed by atoms with Gasteiger partial charge in [-0.1, -0.05) is 0 Å². The fourth-order valence-electron chi connectivity index (χ4n) is 1.03. The zero-order chi connectivity index (χ0) is 12.0. The van der Waals surface area contributed by atoms with Gasteiger partial charge in [-0.15, -0.1) is 12.4 Å². The molecule has 0 unspecified atom stereocenters. The van der Waals surface area contributed by atoms with E-state index >= 15 is 0 Å². The minimum atomic E-state index is -0.502. The Labute approximate surface area is 105 Å². The normalized spacial score (nSPS) is 10.6. The van der Waals surface area contributed by atoms with Crippen LogP contribution >= 0.6 is 12.4 Å². The number of halogens is 2. The molecule has 1 aromatic carbocycles. The molecule has 0 spiro atoms. The second-order valence-corrected chi connectivity index (χ2v) is 3.15. The summed E-state index contributed by atoms with van der Waals surface area (Å²) in [7, 11) is 0. The standard InChI is InChI=1S/C11H13FN2O2.ClH/c12-5-8(6-13)7-16-10-3-1-9(2-4-10)11(14)15;/h1-5H,6-7,13H2,(H2,14,15);1H. The summed E-state index contributed by atoms with van der Waals surface area (Å²) in [6.07, 6.45) is 0.428. The zero-order valence-electron chi connectivity index (χ0n) is 9.06. The van der Waals surface area contributed by atoms with Crippen LogP contribution in [0.1, 0.15) is 10.4 Å². The molecule has 1 rings (SSSR count). The summed E-state index contributed by atoms with van der Waals surface area (Å²) in [6.45, 7) is 0.193. The molecule has 4 nitrogen and oxygen atoms in total. The lowest BCUT2D eigenvalue weighted by Crippen LogP contribution is -2.12. The number of hydrogen-bond acceptors (Lipinski definition) is 3. The molecule has 0 atom stereocenters. The highest BCUT2D eigenvalue weighted by molar-refractivity contribution is 5.92. The first-order chi connectivity index (χ1) is 7.67. The predicted octanol–water partition coefficient (Wildman–Crippen LogP) is 1.40. The van der Waals surface area contributed by atoms with Crippen LogP contribution in [0.2, 0.25) is 0 Å². The van der Waals surface area contributed by atoms with Crippen molar-refractivity contribution in [1.82, 2.24) is 0 Å². The van der Waals surface area contributed by atoms with Crippen LogP contribution in [0, 0.1) is 0 Å². The van der Waals surface area contributed by atoms with E-state index in [1.165, 1.54) is 0 Å². The lowest BCUT2D eigenvalue weighted by atomic mass is 10.2. The van der Waals surface area contributed by atoms with Gasteiger partial charge in [0.25, 0.3) is 0 Å². The summed E-state index contributed by atoms with van der Waals surface area (Å²) in [5, 5.41) is 0. The minimum absolute atomic E-state index is 0. The zero-order valence-corrected chi connectivity index (χ0v) is 9.87. The van der Waals surface area contributed by atoms with Crippen molar-refractivity contribution in [3.05, 3.63) is 41.7 Å². The molecule has 94 valence electrons. The van der Waals surface area contributed by atoms with Crippen LogP contribution in [-0.4, -0.2) is 19.1 Å². The highest BCUT2D eigenvalue weighted by Gasteiger charge is 2.01. The number of rotatable bonds is 5. The van der Waals surface area contributed by atoms with Gasteiger partial charge in [-0.05, 0) is 24.3 Å². The quantitative estimate of drug-likeness (QED) is 0.840. The Morgan fingerprint density at radius 3 is 2.35 bits per heavy atom. The molecule has 0 radical (unpaired) electrons. The van der Waals surface area contributed by atoms with Crippen LogP contribution in [0.25, 0.3) is 0 Å². The molecule has 0 saturated heterocycles. The maximum atomic E-state index is 12.1. The summed E-state index contributed by atoms with van der Waals surface area (Å²) < 4.78 is 17.4. The third kappa shape index (κ3) is 4.84. The smallest absolute Gasteiger partial charge is 0.248 e. The summed E-state index contributed by atoms with van der Waals surface area (Å²) in [5.41, 5.74) is 11.1. The first-order valence-corrected chi connectivity index (χ1v) is 4.68. The van der Waals surface area contributed by atoms with Crippen LogP contribution in [0.4, 0.5) is 4.39 Å². The van der Waals surface area contributed by atoms with E-state index < -0.39 is 5.91 Å². The Hall–Kier alpha value is -1.59. The molecule has 17 heavy (non-hydrogen) atoms. The van der Waals surface area contributed by atoms with E-state index in [0.717, 1.165) is 0 Å². The highest BCUT2D eigenvalue weighted by atomic mass is 35.5. The first kappa shape index (κ1) is 15.4. The Kier molecular flexibility index (Phi) is 6.93. The van der Waals surface area contributed by atoms with E-state index in [4.69, 9.17) is 16.2 Å². The summed E-state index contributed by atoms with van der Waals surface area (Å²) >= 11 is 0. The second kappa shape index (κ2) is 7.65. The molecular formula is C11H14ClFN2O2. The first-order valence-electron chi connectivity index (χ1n) is 4.68. The second-order valence-electron chi connectivity index (χ2n) is 3.15. The average Bonchev–Trinajstić information content (AvgIpc) is 2.31.